The van der Waals surface area contributed by atoms with E-state index in [2.05, 4.69) is 4.90 Å². The number of hydrogen-bond acceptors (Lipinski definition) is 4. The number of hydrogen-bond donors (Lipinski definition) is 1. The molecule has 0 saturated carbocycles. The van der Waals surface area contributed by atoms with Crippen molar-refractivity contribution in [3.05, 3.63) is 0 Å². The first-order chi connectivity index (χ1) is 6.83. The van der Waals surface area contributed by atoms with Gasteiger partial charge in [0.15, 0.2) is 0 Å². The van der Waals surface area contributed by atoms with Gasteiger partial charge in [-0.3, -0.25) is 4.90 Å². The number of fused-ring (bicyclic) bond motifs is 1. The Morgan fingerprint density at radius 1 is 1.36 bits per heavy atom. The van der Waals surface area contributed by atoms with Crippen molar-refractivity contribution in [2.24, 2.45) is 0 Å². The molecule has 2 fully saturated rings. The molecule has 0 aromatic heterocycles. The molecule has 1 N–H and O–H groups in total. The van der Waals surface area contributed by atoms with Crippen LogP contribution in [0.1, 0.15) is 19.3 Å². The maximum atomic E-state index is 9.84. The van der Waals surface area contributed by atoms with E-state index in [1.165, 1.54) is 6.42 Å². The number of ether oxygens (including phenoxy) is 2. The van der Waals surface area contributed by atoms with E-state index in [-0.39, 0.29) is 19.0 Å². The van der Waals surface area contributed by atoms with Gasteiger partial charge in [0.2, 0.25) is 0 Å². The first-order valence-corrected chi connectivity index (χ1v) is 5.35. The maximum absolute atomic E-state index is 9.84. The van der Waals surface area contributed by atoms with Crippen LogP contribution in [0.3, 0.4) is 0 Å². The fraction of sp³-hybridized carbons (Fsp3) is 1.00. The molecule has 0 spiro atoms. The number of piperidine rings is 1. The van der Waals surface area contributed by atoms with E-state index in [4.69, 9.17) is 9.47 Å². The zero-order valence-electron chi connectivity index (χ0n) is 8.69. The van der Waals surface area contributed by atoms with Crippen LogP contribution < -0.4 is 0 Å². The zero-order valence-corrected chi connectivity index (χ0v) is 8.69. The van der Waals surface area contributed by atoms with Crippen molar-refractivity contribution >= 4 is 0 Å². The highest BCUT2D eigenvalue weighted by Crippen LogP contribution is 2.29. The molecule has 0 amide bonds. The number of rotatable bonds is 3. The second-order valence-electron chi connectivity index (χ2n) is 4.14. The molecular weight excluding hydrogens is 182 g/mol. The summed E-state index contributed by atoms with van der Waals surface area (Å²) in [6, 6.07) is 0.411. The predicted molar refractivity (Wildman–Crippen MR) is 52.0 cm³/mol. The quantitative estimate of drug-likeness (QED) is 0.663. The molecule has 0 bridgehead atoms. The van der Waals surface area contributed by atoms with Crippen molar-refractivity contribution < 1.29 is 14.6 Å². The molecular formula is C10H19NO3. The summed E-state index contributed by atoms with van der Waals surface area (Å²) in [6.07, 6.45) is 2.83. The molecule has 82 valence electrons. The standard InChI is InChI=1S/C10H19NO3/c1-13-7-14-10-8-3-2-5-11(8)6-4-9(10)12/h8-10,12H,2-7H2,1H3/t8-,9-,10-/m0/s1. The molecule has 0 aromatic rings. The van der Waals surface area contributed by atoms with Crippen molar-refractivity contribution in [3.63, 3.8) is 0 Å². The van der Waals surface area contributed by atoms with Crippen molar-refractivity contribution in [1.29, 1.82) is 0 Å². The van der Waals surface area contributed by atoms with E-state index in [0.717, 1.165) is 25.9 Å². The molecule has 3 atom stereocenters. The number of methoxy groups -OCH3 is 1. The van der Waals surface area contributed by atoms with E-state index in [0.29, 0.717) is 6.04 Å². The van der Waals surface area contributed by atoms with E-state index in [9.17, 15) is 5.11 Å². The van der Waals surface area contributed by atoms with Crippen LogP contribution in [0.5, 0.6) is 0 Å². The SMILES string of the molecule is COCO[C@@H]1[C@@H](O)CCN2CCC[C@@H]12. The minimum atomic E-state index is -0.315. The first kappa shape index (κ1) is 10.4. The summed E-state index contributed by atoms with van der Waals surface area (Å²) in [7, 11) is 1.61. The molecule has 0 unspecified atom stereocenters. The van der Waals surface area contributed by atoms with Crippen LogP contribution in [0, 0.1) is 0 Å². The lowest BCUT2D eigenvalue weighted by atomic mass is 9.96. The van der Waals surface area contributed by atoms with E-state index < -0.39 is 0 Å². The molecule has 4 nitrogen and oxygen atoms in total. The summed E-state index contributed by atoms with van der Waals surface area (Å²) >= 11 is 0. The Bertz CT molecular complexity index is 188. The first-order valence-electron chi connectivity index (χ1n) is 5.35. The van der Waals surface area contributed by atoms with Crippen LogP contribution in [0.25, 0.3) is 0 Å². The van der Waals surface area contributed by atoms with Crippen molar-refractivity contribution in [1.82, 2.24) is 4.90 Å². The topological polar surface area (TPSA) is 41.9 Å². The van der Waals surface area contributed by atoms with Crippen LogP contribution in [0.2, 0.25) is 0 Å². The van der Waals surface area contributed by atoms with Crippen molar-refractivity contribution in [3.8, 4) is 0 Å². The van der Waals surface area contributed by atoms with E-state index in [1.54, 1.807) is 7.11 Å². The lowest BCUT2D eigenvalue weighted by molar-refractivity contribution is -0.151. The average Bonchev–Trinajstić information content (AvgIpc) is 2.64. The third-order valence-electron chi connectivity index (χ3n) is 3.26. The van der Waals surface area contributed by atoms with Crippen LogP contribution in [0.15, 0.2) is 0 Å². The summed E-state index contributed by atoms with van der Waals surface area (Å²) < 4.78 is 10.4. The Kier molecular flexibility index (Phi) is 3.38. The molecule has 2 heterocycles. The lowest BCUT2D eigenvalue weighted by Gasteiger charge is -2.39. The summed E-state index contributed by atoms with van der Waals surface area (Å²) in [6.45, 7) is 2.45. The Balaban J connectivity index is 1.95. The second kappa shape index (κ2) is 4.57. The molecule has 2 aliphatic rings. The molecule has 2 rings (SSSR count). The Labute approximate surface area is 84.8 Å². The Morgan fingerprint density at radius 2 is 2.21 bits per heavy atom. The third kappa shape index (κ3) is 1.93. The van der Waals surface area contributed by atoms with Gasteiger partial charge in [-0.15, -0.1) is 0 Å². The van der Waals surface area contributed by atoms with E-state index >= 15 is 0 Å². The molecule has 4 heteroatoms. The molecule has 0 radical (unpaired) electrons. The van der Waals surface area contributed by atoms with E-state index in [1.807, 2.05) is 0 Å². The Morgan fingerprint density at radius 3 is 3.00 bits per heavy atom. The minimum Gasteiger partial charge on any atom is -0.390 e. The van der Waals surface area contributed by atoms with Crippen molar-refractivity contribution in [2.45, 2.75) is 37.5 Å². The van der Waals surface area contributed by atoms with Crippen LogP contribution in [-0.2, 0) is 9.47 Å². The van der Waals surface area contributed by atoms with Crippen LogP contribution in [0.4, 0.5) is 0 Å². The normalized spacial score (nSPS) is 38.6. The average molecular weight is 201 g/mol. The largest absolute Gasteiger partial charge is 0.390 e. The molecule has 2 saturated heterocycles. The molecule has 14 heavy (non-hydrogen) atoms. The molecule has 0 aromatic carbocycles. The smallest absolute Gasteiger partial charge is 0.146 e. The van der Waals surface area contributed by atoms with Crippen molar-refractivity contribution in [2.75, 3.05) is 27.0 Å². The minimum absolute atomic E-state index is 0.0498. The Hall–Kier alpha value is -0.160. The number of aliphatic hydroxyl groups excluding tert-OH is 1. The third-order valence-corrected chi connectivity index (χ3v) is 3.26. The summed E-state index contributed by atoms with van der Waals surface area (Å²) in [4.78, 5) is 2.42. The number of aliphatic hydroxyl groups is 1. The van der Waals surface area contributed by atoms with Gasteiger partial charge >= 0.3 is 0 Å². The second-order valence-corrected chi connectivity index (χ2v) is 4.14. The number of nitrogens with zero attached hydrogens (tertiary/aromatic N) is 1. The van der Waals surface area contributed by atoms with Gasteiger partial charge in [0.1, 0.15) is 12.9 Å². The fourth-order valence-electron chi connectivity index (χ4n) is 2.59. The van der Waals surface area contributed by atoms with Gasteiger partial charge in [-0.05, 0) is 25.8 Å². The van der Waals surface area contributed by atoms with Gasteiger partial charge in [0.25, 0.3) is 0 Å². The van der Waals surface area contributed by atoms with Crippen LogP contribution >= 0.6 is 0 Å². The highest BCUT2D eigenvalue weighted by atomic mass is 16.7. The van der Waals surface area contributed by atoms with Gasteiger partial charge in [-0.1, -0.05) is 0 Å². The highest BCUT2D eigenvalue weighted by Gasteiger charge is 2.40. The molecule has 0 aliphatic carbocycles. The van der Waals surface area contributed by atoms with Gasteiger partial charge in [-0.25, -0.2) is 0 Å². The highest BCUT2D eigenvalue weighted by molar-refractivity contribution is 4.94. The monoisotopic (exact) mass is 201 g/mol. The summed E-state index contributed by atoms with van der Waals surface area (Å²) in [5, 5.41) is 9.84. The van der Waals surface area contributed by atoms with Gasteiger partial charge in [-0.2, -0.15) is 0 Å². The molecule has 2 aliphatic heterocycles. The maximum Gasteiger partial charge on any atom is 0.146 e. The van der Waals surface area contributed by atoms with Gasteiger partial charge < -0.3 is 14.6 Å². The summed E-state index contributed by atoms with van der Waals surface area (Å²) in [5.41, 5.74) is 0. The van der Waals surface area contributed by atoms with Gasteiger partial charge in [0.05, 0.1) is 6.10 Å². The zero-order chi connectivity index (χ0) is 9.97. The predicted octanol–water partition coefficient (Wildman–Crippen LogP) is 0.204. The lowest BCUT2D eigenvalue weighted by Crippen LogP contribution is -2.52. The summed E-state index contributed by atoms with van der Waals surface area (Å²) in [5.74, 6) is 0. The fourth-order valence-corrected chi connectivity index (χ4v) is 2.59. The van der Waals surface area contributed by atoms with Gasteiger partial charge in [0, 0.05) is 19.7 Å². The van der Waals surface area contributed by atoms with Crippen LogP contribution in [-0.4, -0.2) is 55.2 Å².